The number of hydrogen-bond acceptors (Lipinski definition) is 7. The SMILES string of the molecule is CCn1c(SCC(=O)Nc2sccc2C#N)nnc1C(C)Oc1ccc(C)cc1. The van der Waals surface area contributed by atoms with Crippen LogP contribution in [-0.4, -0.2) is 26.4 Å². The van der Waals surface area contributed by atoms with Crippen LogP contribution in [0.1, 0.15) is 36.9 Å². The summed E-state index contributed by atoms with van der Waals surface area (Å²) in [4.78, 5) is 12.2. The molecule has 1 unspecified atom stereocenters. The monoisotopic (exact) mass is 427 g/mol. The number of benzene rings is 1. The largest absolute Gasteiger partial charge is 0.483 e. The number of aromatic nitrogens is 3. The fourth-order valence-corrected chi connectivity index (χ4v) is 4.23. The van der Waals surface area contributed by atoms with Gasteiger partial charge in [-0.25, -0.2) is 0 Å². The Morgan fingerprint density at radius 1 is 1.34 bits per heavy atom. The maximum atomic E-state index is 12.2. The molecule has 0 spiro atoms. The second kappa shape index (κ2) is 9.58. The third-order valence-electron chi connectivity index (χ3n) is 4.13. The molecule has 2 heterocycles. The van der Waals surface area contributed by atoms with Crippen LogP contribution < -0.4 is 10.1 Å². The number of nitrogens with one attached hydrogen (secondary N) is 1. The molecule has 0 saturated heterocycles. The van der Waals surface area contributed by atoms with E-state index in [0.29, 0.717) is 28.1 Å². The number of ether oxygens (including phenoxy) is 1. The Morgan fingerprint density at radius 2 is 2.10 bits per heavy atom. The second-order valence-corrected chi connectivity index (χ2v) is 8.13. The molecule has 3 aromatic rings. The average Bonchev–Trinajstić information content (AvgIpc) is 3.34. The van der Waals surface area contributed by atoms with Crippen LogP contribution in [0.15, 0.2) is 40.9 Å². The molecule has 1 amide bonds. The van der Waals surface area contributed by atoms with Crippen LogP contribution in [0.3, 0.4) is 0 Å². The number of nitrogens with zero attached hydrogens (tertiary/aromatic N) is 4. The highest BCUT2D eigenvalue weighted by molar-refractivity contribution is 7.99. The normalized spacial score (nSPS) is 11.7. The van der Waals surface area contributed by atoms with Gasteiger partial charge in [-0.2, -0.15) is 5.26 Å². The fourth-order valence-electron chi connectivity index (χ4n) is 2.67. The van der Waals surface area contributed by atoms with Gasteiger partial charge in [0, 0.05) is 6.54 Å². The number of amides is 1. The van der Waals surface area contributed by atoms with Gasteiger partial charge in [0.2, 0.25) is 5.91 Å². The van der Waals surface area contributed by atoms with Gasteiger partial charge in [-0.1, -0.05) is 29.5 Å². The zero-order valence-corrected chi connectivity index (χ0v) is 18.0. The van der Waals surface area contributed by atoms with Crippen molar-refractivity contribution in [2.45, 2.75) is 38.6 Å². The van der Waals surface area contributed by atoms with E-state index in [1.165, 1.54) is 28.7 Å². The maximum Gasteiger partial charge on any atom is 0.235 e. The minimum Gasteiger partial charge on any atom is -0.483 e. The molecule has 0 aliphatic rings. The molecular weight excluding hydrogens is 406 g/mol. The Balaban J connectivity index is 1.63. The summed E-state index contributed by atoms with van der Waals surface area (Å²) in [6.45, 7) is 6.62. The van der Waals surface area contributed by atoms with Crippen LogP contribution in [0.5, 0.6) is 5.75 Å². The zero-order valence-electron chi connectivity index (χ0n) is 16.4. The first-order valence-electron chi connectivity index (χ1n) is 9.08. The van der Waals surface area contributed by atoms with Gasteiger partial charge in [0.05, 0.1) is 11.3 Å². The topological polar surface area (TPSA) is 92.8 Å². The Hall–Kier alpha value is -2.83. The number of rotatable bonds is 8. The molecule has 9 heteroatoms. The lowest BCUT2D eigenvalue weighted by Gasteiger charge is -2.15. The van der Waals surface area contributed by atoms with E-state index in [0.717, 1.165) is 5.75 Å². The van der Waals surface area contributed by atoms with E-state index < -0.39 is 0 Å². The van der Waals surface area contributed by atoms with Crippen molar-refractivity contribution in [3.63, 3.8) is 0 Å². The number of thiophene rings is 1. The molecule has 0 radical (unpaired) electrons. The molecule has 150 valence electrons. The van der Waals surface area contributed by atoms with E-state index >= 15 is 0 Å². The van der Waals surface area contributed by atoms with Crippen molar-refractivity contribution < 1.29 is 9.53 Å². The minimum absolute atomic E-state index is 0.175. The first kappa shape index (κ1) is 20.9. The predicted octanol–water partition coefficient (Wildman–Crippen LogP) is 4.41. The van der Waals surface area contributed by atoms with Crippen molar-refractivity contribution in [2.24, 2.45) is 0 Å². The van der Waals surface area contributed by atoms with E-state index in [1.807, 2.05) is 49.6 Å². The van der Waals surface area contributed by atoms with Crippen molar-refractivity contribution in [2.75, 3.05) is 11.1 Å². The molecule has 7 nitrogen and oxygen atoms in total. The third-order valence-corrected chi connectivity index (χ3v) is 5.93. The average molecular weight is 428 g/mol. The van der Waals surface area contributed by atoms with Crippen LogP contribution in [0.2, 0.25) is 0 Å². The molecule has 1 atom stereocenters. The molecule has 0 aliphatic heterocycles. The van der Waals surface area contributed by atoms with E-state index in [2.05, 4.69) is 21.6 Å². The van der Waals surface area contributed by atoms with Crippen LogP contribution in [-0.2, 0) is 11.3 Å². The molecular formula is C20H21N5O2S2. The van der Waals surface area contributed by atoms with Crippen LogP contribution in [0.4, 0.5) is 5.00 Å². The van der Waals surface area contributed by atoms with Gasteiger partial charge in [0.25, 0.3) is 0 Å². The highest BCUT2D eigenvalue weighted by Crippen LogP contribution is 2.26. The van der Waals surface area contributed by atoms with E-state index in [1.54, 1.807) is 11.4 Å². The van der Waals surface area contributed by atoms with Crippen LogP contribution in [0.25, 0.3) is 0 Å². The maximum absolute atomic E-state index is 12.2. The fraction of sp³-hybridized carbons (Fsp3) is 0.300. The van der Waals surface area contributed by atoms with Gasteiger partial charge in [0.1, 0.15) is 16.8 Å². The van der Waals surface area contributed by atoms with Crippen molar-refractivity contribution in [3.8, 4) is 11.8 Å². The Kier molecular flexibility index (Phi) is 6.90. The summed E-state index contributed by atoms with van der Waals surface area (Å²) >= 11 is 2.63. The van der Waals surface area contributed by atoms with Crippen molar-refractivity contribution in [1.29, 1.82) is 5.26 Å². The molecule has 1 N–H and O–H groups in total. The van der Waals surface area contributed by atoms with E-state index in [4.69, 9.17) is 10.00 Å². The lowest BCUT2D eigenvalue weighted by molar-refractivity contribution is -0.113. The first-order chi connectivity index (χ1) is 14.0. The summed E-state index contributed by atoms with van der Waals surface area (Å²) in [6.07, 6.45) is -0.280. The number of aryl methyl sites for hydroxylation is 1. The van der Waals surface area contributed by atoms with Crippen LogP contribution in [0, 0.1) is 18.3 Å². The number of carbonyl (C=O) groups is 1. The van der Waals surface area contributed by atoms with Crippen molar-refractivity contribution in [1.82, 2.24) is 14.8 Å². The molecule has 0 saturated carbocycles. The predicted molar refractivity (Wildman–Crippen MR) is 114 cm³/mol. The summed E-state index contributed by atoms with van der Waals surface area (Å²) < 4.78 is 7.94. The van der Waals surface area contributed by atoms with Crippen molar-refractivity contribution in [3.05, 3.63) is 52.7 Å². The molecule has 0 aliphatic carbocycles. The van der Waals surface area contributed by atoms with Gasteiger partial charge in [0.15, 0.2) is 17.1 Å². The Bertz CT molecular complexity index is 1020. The highest BCUT2D eigenvalue weighted by Gasteiger charge is 2.19. The van der Waals surface area contributed by atoms with E-state index in [9.17, 15) is 4.79 Å². The standard InChI is InChI=1S/C20H21N5O2S2/c1-4-25-18(14(3)27-16-7-5-13(2)6-8-16)23-24-20(25)29-12-17(26)22-19-15(11-21)9-10-28-19/h5-10,14H,4,12H2,1-3H3,(H,22,26). The summed E-state index contributed by atoms with van der Waals surface area (Å²) in [7, 11) is 0. The number of carbonyl (C=O) groups excluding carboxylic acids is 1. The lowest BCUT2D eigenvalue weighted by atomic mass is 10.2. The quantitative estimate of drug-likeness (QED) is 0.535. The lowest BCUT2D eigenvalue weighted by Crippen LogP contribution is -2.15. The molecule has 1 aromatic carbocycles. The zero-order chi connectivity index (χ0) is 20.8. The van der Waals surface area contributed by atoms with Gasteiger partial charge in [-0.15, -0.1) is 21.5 Å². The number of nitriles is 1. The second-order valence-electron chi connectivity index (χ2n) is 6.27. The number of thioether (sulfide) groups is 1. The van der Waals surface area contributed by atoms with Gasteiger partial charge in [-0.05, 0) is 44.4 Å². The third kappa shape index (κ3) is 5.16. The minimum atomic E-state index is -0.280. The smallest absolute Gasteiger partial charge is 0.235 e. The first-order valence-corrected chi connectivity index (χ1v) is 10.9. The summed E-state index contributed by atoms with van der Waals surface area (Å²) in [5, 5.41) is 23.3. The van der Waals surface area contributed by atoms with Gasteiger partial charge >= 0.3 is 0 Å². The number of hydrogen-bond donors (Lipinski definition) is 1. The van der Waals surface area contributed by atoms with Crippen molar-refractivity contribution >= 4 is 34.0 Å². The van der Waals surface area contributed by atoms with Gasteiger partial charge in [-0.3, -0.25) is 4.79 Å². The molecule has 0 bridgehead atoms. The molecule has 0 fully saturated rings. The Labute approximate surface area is 177 Å². The summed E-state index contributed by atoms with van der Waals surface area (Å²) in [5.41, 5.74) is 1.64. The molecule has 29 heavy (non-hydrogen) atoms. The molecule has 3 rings (SSSR count). The van der Waals surface area contributed by atoms with Gasteiger partial charge < -0.3 is 14.6 Å². The highest BCUT2D eigenvalue weighted by atomic mass is 32.2. The van der Waals surface area contributed by atoms with E-state index in [-0.39, 0.29) is 17.8 Å². The molecule has 2 aromatic heterocycles. The summed E-state index contributed by atoms with van der Waals surface area (Å²) in [6, 6.07) is 11.6. The summed E-state index contributed by atoms with van der Waals surface area (Å²) in [5.74, 6) is 1.46. The Morgan fingerprint density at radius 3 is 2.79 bits per heavy atom. The number of anilines is 1. The van der Waals surface area contributed by atoms with Crippen LogP contribution >= 0.6 is 23.1 Å².